The van der Waals surface area contributed by atoms with Crippen molar-refractivity contribution < 1.29 is 15.0 Å². The quantitative estimate of drug-likeness (QED) is 0.671. The van der Waals surface area contributed by atoms with E-state index in [1.807, 2.05) is 11.8 Å². The number of nitrogen functional groups attached to an aromatic ring is 1. The molecule has 0 saturated heterocycles. The van der Waals surface area contributed by atoms with Crippen LogP contribution in [0.1, 0.15) is 23.7 Å². The van der Waals surface area contributed by atoms with Gasteiger partial charge in [-0.2, -0.15) is 0 Å². The first-order valence-corrected chi connectivity index (χ1v) is 5.45. The van der Waals surface area contributed by atoms with Gasteiger partial charge in [-0.25, -0.2) is 9.78 Å². The van der Waals surface area contributed by atoms with Crippen LogP contribution in [0.5, 0.6) is 0 Å². The first-order valence-electron chi connectivity index (χ1n) is 5.45. The molecule has 0 amide bonds. The molecule has 0 atom stereocenters. The molecule has 0 radical (unpaired) electrons. The molecule has 0 fully saturated rings. The molecular weight excluding hydrogens is 222 g/mol. The van der Waals surface area contributed by atoms with Gasteiger partial charge in [-0.1, -0.05) is 0 Å². The van der Waals surface area contributed by atoms with Gasteiger partial charge in [0.1, 0.15) is 0 Å². The molecule has 17 heavy (non-hydrogen) atoms. The number of aliphatic hydroxyl groups excluding tert-OH is 1. The molecule has 94 valence electrons. The van der Waals surface area contributed by atoms with E-state index in [0.717, 1.165) is 0 Å². The van der Waals surface area contributed by atoms with Crippen molar-refractivity contribution in [2.45, 2.75) is 13.3 Å². The lowest BCUT2D eigenvalue weighted by Crippen LogP contribution is -2.27. The number of aliphatic hydroxyl groups is 1. The van der Waals surface area contributed by atoms with Gasteiger partial charge in [-0.05, 0) is 19.4 Å². The second-order valence-corrected chi connectivity index (χ2v) is 3.56. The highest BCUT2D eigenvalue weighted by molar-refractivity contribution is 5.96. The highest BCUT2D eigenvalue weighted by Gasteiger charge is 2.15. The lowest BCUT2D eigenvalue weighted by Gasteiger charge is -2.23. The van der Waals surface area contributed by atoms with Gasteiger partial charge in [0.2, 0.25) is 0 Å². The minimum absolute atomic E-state index is 0.0532. The van der Waals surface area contributed by atoms with E-state index in [-0.39, 0.29) is 17.9 Å². The van der Waals surface area contributed by atoms with Gasteiger partial charge in [-0.3, -0.25) is 0 Å². The molecule has 1 aromatic rings. The summed E-state index contributed by atoms with van der Waals surface area (Å²) in [5, 5.41) is 17.8. The Labute approximate surface area is 99.7 Å². The molecule has 0 bridgehead atoms. The fraction of sp³-hybridized carbons (Fsp3) is 0.455. The van der Waals surface area contributed by atoms with Crippen LogP contribution in [0.15, 0.2) is 12.3 Å². The van der Waals surface area contributed by atoms with E-state index in [2.05, 4.69) is 4.98 Å². The van der Waals surface area contributed by atoms with Crippen LogP contribution in [0.4, 0.5) is 11.5 Å². The Morgan fingerprint density at radius 3 is 2.82 bits per heavy atom. The Balaban J connectivity index is 3.03. The van der Waals surface area contributed by atoms with Crippen LogP contribution in [-0.4, -0.2) is 40.9 Å². The number of pyridine rings is 1. The zero-order valence-electron chi connectivity index (χ0n) is 9.76. The SMILES string of the molecule is CCN(CCCO)c1nccc(C(=O)O)c1N. The van der Waals surface area contributed by atoms with Crippen LogP contribution in [0.3, 0.4) is 0 Å². The van der Waals surface area contributed by atoms with E-state index in [9.17, 15) is 4.79 Å². The molecule has 0 unspecified atom stereocenters. The van der Waals surface area contributed by atoms with E-state index < -0.39 is 5.97 Å². The molecular formula is C11H17N3O3. The van der Waals surface area contributed by atoms with E-state index in [1.54, 1.807) is 0 Å². The van der Waals surface area contributed by atoms with E-state index >= 15 is 0 Å². The maximum absolute atomic E-state index is 10.9. The smallest absolute Gasteiger partial charge is 0.337 e. The van der Waals surface area contributed by atoms with Crippen molar-refractivity contribution in [3.05, 3.63) is 17.8 Å². The lowest BCUT2D eigenvalue weighted by molar-refractivity contribution is 0.0698. The summed E-state index contributed by atoms with van der Waals surface area (Å²) in [6.45, 7) is 3.24. The zero-order chi connectivity index (χ0) is 12.8. The Morgan fingerprint density at radius 2 is 2.29 bits per heavy atom. The number of hydrogen-bond donors (Lipinski definition) is 3. The second-order valence-electron chi connectivity index (χ2n) is 3.56. The summed E-state index contributed by atoms with van der Waals surface area (Å²) in [7, 11) is 0. The van der Waals surface area contributed by atoms with Gasteiger partial charge in [0.05, 0.1) is 11.3 Å². The molecule has 0 aliphatic carbocycles. The fourth-order valence-corrected chi connectivity index (χ4v) is 1.58. The highest BCUT2D eigenvalue weighted by Crippen LogP contribution is 2.23. The maximum atomic E-state index is 10.9. The molecule has 1 rings (SSSR count). The highest BCUT2D eigenvalue weighted by atomic mass is 16.4. The zero-order valence-corrected chi connectivity index (χ0v) is 9.76. The number of nitrogens with two attached hydrogens (primary N) is 1. The van der Waals surface area contributed by atoms with Crippen LogP contribution in [0.25, 0.3) is 0 Å². The average molecular weight is 239 g/mol. The third-order valence-corrected chi connectivity index (χ3v) is 2.47. The van der Waals surface area contributed by atoms with E-state index in [0.29, 0.717) is 25.3 Å². The largest absolute Gasteiger partial charge is 0.478 e. The molecule has 0 aliphatic heterocycles. The molecule has 4 N–H and O–H groups in total. The van der Waals surface area contributed by atoms with Crippen molar-refractivity contribution >= 4 is 17.5 Å². The van der Waals surface area contributed by atoms with Crippen LogP contribution in [-0.2, 0) is 0 Å². The van der Waals surface area contributed by atoms with Crippen molar-refractivity contribution in [1.29, 1.82) is 0 Å². The van der Waals surface area contributed by atoms with E-state index in [4.69, 9.17) is 15.9 Å². The minimum atomic E-state index is -1.07. The fourth-order valence-electron chi connectivity index (χ4n) is 1.58. The third kappa shape index (κ3) is 3.07. The Hall–Kier alpha value is -1.82. The number of carboxylic acids is 1. The van der Waals surface area contributed by atoms with Crippen molar-refractivity contribution in [2.24, 2.45) is 0 Å². The maximum Gasteiger partial charge on any atom is 0.337 e. The Bertz CT molecular complexity index is 396. The molecule has 1 aromatic heterocycles. The summed E-state index contributed by atoms with van der Waals surface area (Å²) in [6, 6.07) is 1.38. The van der Waals surface area contributed by atoms with Crippen molar-refractivity contribution in [3.63, 3.8) is 0 Å². The van der Waals surface area contributed by atoms with E-state index in [1.165, 1.54) is 12.3 Å². The van der Waals surface area contributed by atoms with Crippen molar-refractivity contribution in [1.82, 2.24) is 4.98 Å². The Morgan fingerprint density at radius 1 is 1.59 bits per heavy atom. The molecule has 0 saturated carbocycles. The summed E-state index contributed by atoms with van der Waals surface area (Å²) in [5.74, 6) is -0.606. The number of anilines is 2. The number of carbonyl (C=O) groups is 1. The van der Waals surface area contributed by atoms with Crippen LogP contribution in [0, 0.1) is 0 Å². The molecule has 0 spiro atoms. The monoisotopic (exact) mass is 239 g/mol. The summed E-state index contributed by atoms with van der Waals surface area (Å²) in [5.41, 5.74) is 6.00. The molecule has 6 nitrogen and oxygen atoms in total. The first kappa shape index (κ1) is 13.2. The second kappa shape index (κ2) is 6.05. The van der Waals surface area contributed by atoms with Crippen molar-refractivity contribution in [3.8, 4) is 0 Å². The number of aromatic carboxylic acids is 1. The Kier molecular flexibility index (Phi) is 4.71. The topological polar surface area (TPSA) is 99.7 Å². The number of hydrogen-bond acceptors (Lipinski definition) is 5. The van der Waals surface area contributed by atoms with Gasteiger partial charge in [0.15, 0.2) is 5.82 Å². The van der Waals surface area contributed by atoms with Crippen molar-refractivity contribution in [2.75, 3.05) is 30.3 Å². The number of aromatic nitrogens is 1. The van der Waals surface area contributed by atoms with Crippen LogP contribution in [0.2, 0.25) is 0 Å². The minimum Gasteiger partial charge on any atom is -0.478 e. The first-order chi connectivity index (χ1) is 8.11. The van der Waals surface area contributed by atoms with Crippen LogP contribution >= 0.6 is 0 Å². The summed E-state index contributed by atoms with van der Waals surface area (Å²) < 4.78 is 0. The normalized spacial score (nSPS) is 10.2. The van der Waals surface area contributed by atoms with Crippen LogP contribution < -0.4 is 10.6 Å². The summed E-state index contributed by atoms with van der Waals surface area (Å²) >= 11 is 0. The molecule has 1 heterocycles. The lowest BCUT2D eigenvalue weighted by atomic mass is 10.2. The molecule has 0 aliphatic rings. The average Bonchev–Trinajstić information content (AvgIpc) is 2.31. The number of rotatable bonds is 6. The van der Waals surface area contributed by atoms with Gasteiger partial charge >= 0.3 is 5.97 Å². The van der Waals surface area contributed by atoms with Gasteiger partial charge in [0.25, 0.3) is 0 Å². The van der Waals surface area contributed by atoms with Gasteiger partial charge in [0, 0.05) is 25.9 Å². The predicted molar refractivity (Wildman–Crippen MR) is 65.2 cm³/mol. The standard InChI is InChI=1S/C11H17N3O3/c1-2-14(6-3-7-15)10-9(12)8(11(16)17)4-5-13-10/h4-5,15H,2-3,6-7,12H2,1H3,(H,16,17). The molecule has 6 heteroatoms. The predicted octanol–water partition coefficient (Wildman–Crippen LogP) is 0.571. The van der Waals surface area contributed by atoms with Gasteiger partial charge in [-0.15, -0.1) is 0 Å². The number of nitrogens with zero attached hydrogens (tertiary/aromatic N) is 2. The summed E-state index contributed by atoms with van der Waals surface area (Å²) in [6.07, 6.45) is 2.02. The summed E-state index contributed by atoms with van der Waals surface area (Å²) in [4.78, 5) is 16.9. The number of carboxylic acid groups (broad SMARTS) is 1. The molecule has 0 aromatic carbocycles. The van der Waals surface area contributed by atoms with Gasteiger partial charge < -0.3 is 20.8 Å². The third-order valence-electron chi connectivity index (χ3n) is 2.47.